The van der Waals surface area contributed by atoms with E-state index in [0.717, 1.165) is 17.1 Å². The Balaban J connectivity index is 1.49. The maximum atomic E-state index is 12.5. The Kier molecular flexibility index (Phi) is 7.72. The first-order chi connectivity index (χ1) is 16.5. The normalized spacial score (nSPS) is 10.7. The number of hydrogen-bond donors (Lipinski definition) is 2. The molecule has 174 valence electrons. The first kappa shape index (κ1) is 23.7. The van der Waals surface area contributed by atoms with Crippen LogP contribution in [0, 0.1) is 6.92 Å². The van der Waals surface area contributed by atoms with Crippen LogP contribution in [0.1, 0.15) is 11.4 Å². The first-order valence-electron chi connectivity index (χ1n) is 10.6. The van der Waals surface area contributed by atoms with Crippen LogP contribution in [0.25, 0.3) is 5.69 Å². The predicted molar refractivity (Wildman–Crippen MR) is 137 cm³/mol. The standard InChI is InChI=1S/C25H24ClN5O2S/c1-17-6-8-19(9-7-17)27-15-23-29-30-25(31(23)21-5-3-4-18(26)14-21)34-16-24(32)28-20-10-12-22(33-2)13-11-20/h3-14,27H,15-16H2,1-2H3,(H,28,32). The monoisotopic (exact) mass is 493 g/mol. The zero-order valence-corrected chi connectivity index (χ0v) is 20.4. The van der Waals surface area contributed by atoms with E-state index in [1.54, 1.807) is 31.4 Å². The smallest absolute Gasteiger partial charge is 0.234 e. The Bertz CT molecular complexity index is 1260. The van der Waals surface area contributed by atoms with Crippen LogP contribution in [0.2, 0.25) is 5.02 Å². The second kappa shape index (κ2) is 11.1. The molecule has 34 heavy (non-hydrogen) atoms. The van der Waals surface area contributed by atoms with Crippen molar-refractivity contribution in [3.05, 3.63) is 89.2 Å². The molecule has 2 N–H and O–H groups in total. The summed E-state index contributed by atoms with van der Waals surface area (Å²) in [5.74, 6) is 1.47. The molecule has 1 amide bonds. The second-order valence-corrected chi connectivity index (χ2v) is 8.88. The number of aromatic nitrogens is 3. The first-order valence-corrected chi connectivity index (χ1v) is 12.0. The van der Waals surface area contributed by atoms with Gasteiger partial charge in [-0.3, -0.25) is 9.36 Å². The summed E-state index contributed by atoms with van der Waals surface area (Å²) in [6, 6.07) is 22.8. The average Bonchev–Trinajstić information content (AvgIpc) is 3.26. The van der Waals surface area contributed by atoms with Crippen LogP contribution < -0.4 is 15.4 Å². The average molecular weight is 494 g/mol. The van der Waals surface area contributed by atoms with Crippen LogP contribution in [0.5, 0.6) is 5.75 Å². The number of rotatable bonds is 9. The number of methoxy groups -OCH3 is 1. The number of aryl methyl sites for hydroxylation is 1. The van der Waals surface area contributed by atoms with Crippen molar-refractivity contribution < 1.29 is 9.53 Å². The van der Waals surface area contributed by atoms with E-state index in [2.05, 4.69) is 20.8 Å². The lowest BCUT2D eigenvalue weighted by Gasteiger charge is -2.12. The van der Waals surface area contributed by atoms with Gasteiger partial charge < -0.3 is 15.4 Å². The van der Waals surface area contributed by atoms with Crippen LogP contribution in [0.15, 0.2) is 78.0 Å². The molecule has 0 radical (unpaired) electrons. The summed E-state index contributed by atoms with van der Waals surface area (Å²) in [6.45, 7) is 2.51. The lowest BCUT2D eigenvalue weighted by molar-refractivity contribution is -0.113. The Morgan fingerprint density at radius 2 is 1.76 bits per heavy atom. The molecule has 4 rings (SSSR count). The van der Waals surface area contributed by atoms with E-state index in [-0.39, 0.29) is 11.7 Å². The number of carbonyl (C=O) groups excluding carboxylic acids is 1. The Morgan fingerprint density at radius 1 is 1.03 bits per heavy atom. The van der Waals surface area contributed by atoms with Crippen LogP contribution in [0.3, 0.4) is 0 Å². The van der Waals surface area contributed by atoms with Gasteiger partial charge in [-0.2, -0.15) is 0 Å². The van der Waals surface area contributed by atoms with E-state index in [0.29, 0.717) is 28.2 Å². The third kappa shape index (κ3) is 6.09. The quantitative estimate of drug-likeness (QED) is 0.296. The number of thioether (sulfide) groups is 1. The molecule has 0 bridgehead atoms. The minimum atomic E-state index is -0.143. The van der Waals surface area contributed by atoms with E-state index in [4.69, 9.17) is 16.3 Å². The SMILES string of the molecule is COc1ccc(NC(=O)CSc2nnc(CNc3ccc(C)cc3)n2-c2cccc(Cl)c2)cc1. The molecule has 0 unspecified atom stereocenters. The minimum absolute atomic E-state index is 0.143. The molecular weight excluding hydrogens is 470 g/mol. The molecule has 0 fully saturated rings. The van der Waals surface area contributed by atoms with Crippen molar-refractivity contribution in [2.75, 3.05) is 23.5 Å². The summed E-state index contributed by atoms with van der Waals surface area (Å²) in [4.78, 5) is 12.5. The summed E-state index contributed by atoms with van der Waals surface area (Å²) in [5, 5.41) is 16.2. The van der Waals surface area contributed by atoms with E-state index in [1.165, 1.54) is 17.3 Å². The van der Waals surface area contributed by atoms with Gasteiger partial charge in [0, 0.05) is 16.4 Å². The maximum Gasteiger partial charge on any atom is 0.234 e. The predicted octanol–water partition coefficient (Wildman–Crippen LogP) is 5.58. The number of anilines is 2. The fourth-order valence-electron chi connectivity index (χ4n) is 3.24. The van der Waals surface area contributed by atoms with Crippen LogP contribution in [-0.4, -0.2) is 33.5 Å². The molecule has 0 spiro atoms. The van der Waals surface area contributed by atoms with Gasteiger partial charge in [-0.15, -0.1) is 10.2 Å². The number of carbonyl (C=O) groups is 1. The van der Waals surface area contributed by atoms with Gasteiger partial charge >= 0.3 is 0 Å². The van der Waals surface area contributed by atoms with Crippen LogP contribution in [0.4, 0.5) is 11.4 Å². The molecule has 0 aliphatic heterocycles. The van der Waals surface area contributed by atoms with Crippen LogP contribution >= 0.6 is 23.4 Å². The highest BCUT2D eigenvalue weighted by atomic mass is 35.5. The third-order valence-corrected chi connectivity index (χ3v) is 6.14. The second-order valence-electron chi connectivity index (χ2n) is 7.50. The summed E-state index contributed by atoms with van der Waals surface area (Å²) in [5.41, 5.74) is 3.71. The fraction of sp³-hybridized carbons (Fsp3) is 0.160. The molecule has 0 aliphatic carbocycles. The third-order valence-electron chi connectivity index (χ3n) is 4.98. The minimum Gasteiger partial charge on any atom is -0.497 e. The van der Waals surface area contributed by atoms with Gasteiger partial charge in [-0.25, -0.2) is 0 Å². The number of nitrogens with zero attached hydrogens (tertiary/aromatic N) is 3. The van der Waals surface area contributed by atoms with Crippen molar-refractivity contribution >= 4 is 40.6 Å². The molecule has 9 heteroatoms. The summed E-state index contributed by atoms with van der Waals surface area (Å²) in [7, 11) is 1.60. The largest absolute Gasteiger partial charge is 0.497 e. The molecule has 1 heterocycles. The fourth-order valence-corrected chi connectivity index (χ4v) is 4.19. The van der Waals surface area contributed by atoms with Crippen molar-refractivity contribution in [1.82, 2.24) is 14.8 Å². The number of halogens is 1. The van der Waals surface area contributed by atoms with Gasteiger partial charge in [0.25, 0.3) is 0 Å². The zero-order valence-electron chi connectivity index (χ0n) is 18.8. The molecule has 7 nitrogen and oxygen atoms in total. The Morgan fingerprint density at radius 3 is 2.47 bits per heavy atom. The van der Waals surface area contributed by atoms with Gasteiger partial charge in [-0.1, -0.05) is 47.1 Å². The zero-order chi connectivity index (χ0) is 23.9. The molecular formula is C25H24ClN5O2S. The van der Waals surface area contributed by atoms with E-state index >= 15 is 0 Å². The van der Waals surface area contributed by atoms with Gasteiger partial charge in [0.15, 0.2) is 11.0 Å². The molecule has 3 aromatic carbocycles. The van der Waals surface area contributed by atoms with Gasteiger partial charge in [0.05, 0.1) is 25.1 Å². The molecule has 0 aliphatic rings. The van der Waals surface area contributed by atoms with E-state index < -0.39 is 0 Å². The molecule has 0 saturated carbocycles. The summed E-state index contributed by atoms with van der Waals surface area (Å²) >= 11 is 7.55. The number of ether oxygens (including phenoxy) is 1. The van der Waals surface area contributed by atoms with E-state index in [1.807, 2.05) is 60.0 Å². The van der Waals surface area contributed by atoms with Gasteiger partial charge in [0.1, 0.15) is 5.75 Å². The summed E-state index contributed by atoms with van der Waals surface area (Å²) in [6.07, 6.45) is 0. The highest BCUT2D eigenvalue weighted by Crippen LogP contribution is 2.25. The Hall–Kier alpha value is -3.49. The van der Waals surface area contributed by atoms with Gasteiger partial charge in [0.2, 0.25) is 5.91 Å². The molecule has 4 aromatic rings. The van der Waals surface area contributed by atoms with Crippen LogP contribution in [-0.2, 0) is 11.3 Å². The lowest BCUT2D eigenvalue weighted by atomic mass is 10.2. The lowest BCUT2D eigenvalue weighted by Crippen LogP contribution is -2.15. The van der Waals surface area contributed by atoms with Crippen molar-refractivity contribution in [3.63, 3.8) is 0 Å². The molecule has 0 atom stereocenters. The number of nitrogens with one attached hydrogen (secondary N) is 2. The number of hydrogen-bond acceptors (Lipinski definition) is 6. The van der Waals surface area contributed by atoms with E-state index in [9.17, 15) is 4.79 Å². The molecule has 0 saturated heterocycles. The number of amides is 1. The highest BCUT2D eigenvalue weighted by Gasteiger charge is 2.16. The maximum absolute atomic E-state index is 12.5. The van der Waals surface area contributed by atoms with Crippen molar-refractivity contribution in [1.29, 1.82) is 0 Å². The van der Waals surface area contributed by atoms with Crippen molar-refractivity contribution in [2.45, 2.75) is 18.6 Å². The van der Waals surface area contributed by atoms with Gasteiger partial charge in [-0.05, 0) is 61.5 Å². The summed E-state index contributed by atoms with van der Waals surface area (Å²) < 4.78 is 7.06. The number of benzene rings is 3. The molecule has 1 aromatic heterocycles. The highest BCUT2D eigenvalue weighted by molar-refractivity contribution is 7.99. The Labute approximate surface area is 207 Å². The van der Waals surface area contributed by atoms with Crippen molar-refractivity contribution in [3.8, 4) is 11.4 Å². The topological polar surface area (TPSA) is 81.1 Å². The van der Waals surface area contributed by atoms with Crippen molar-refractivity contribution in [2.24, 2.45) is 0 Å².